The van der Waals surface area contributed by atoms with Crippen molar-refractivity contribution < 1.29 is 21.1 Å². The SMILES string of the molecule is C=C(C)c1ccc(C2CNCCN2Cc2c(CC)cc(C)c([S-])c2/C=C\C)cc1.CC.[W]. The standard InChI is InChI=1S/C26H34N2S.C2H6.W/c1-6-8-23-24(20(7-2)15-19(5)26(23)29)17-28-14-13-27-16-25(28)22-11-9-21(10-12-22)18(3)4;1-2;/h6,8-12,15,25,27,29H,3,7,13-14,16-17H2,1-2,4-5H3;1-2H3;/p-1/b8-6-;;. The van der Waals surface area contributed by atoms with Crippen molar-refractivity contribution in [1.82, 2.24) is 10.2 Å². The summed E-state index contributed by atoms with van der Waals surface area (Å²) in [6.45, 7) is 20.5. The van der Waals surface area contributed by atoms with Crippen molar-refractivity contribution in [2.45, 2.75) is 65.4 Å². The largest absolute Gasteiger partial charge is 0.779 e. The maximum absolute atomic E-state index is 5.79. The van der Waals surface area contributed by atoms with Crippen molar-refractivity contribution >= 4 is 24.3 Å². The zero-order valence-corrected chi connectivity index (χ0v) is 24.4. The zero-order valence-electron chi connectivity index (χ0n) is 20.6. The van der Waals surface area contributed by atoms with E-state index >= 15 is 0 Å². The Kier molecular flexibility index (Phi) is 12.7. The predicted octanol–water partition coefficient (Wildman–Crippen LogP) is 6.70. The Morgan fingerprint density at radius 2 is 1.91 bits per heavy atom. The Labute approximate surface area is 216 Å². The molecule has 1 N–H and O–H groups in total. The first kappa shape index (κ1) is 28.8. The van der Waals surface area contributed by atoms with Gasteiger partial charge in [0.15, 0.2) is 0 Å². The van der Waals surface area contributed by atoms with Crippen LogP contribution in [0.5, 0.6) is 0 Å². The van der Waals surface area contributed by atoms with Crippen LogP contribution >= 0.6 is 0 Å². The Balaban J connectivity index is 0.00000166. The van der Waals surface area contributed by atoms with E-state index in [0.717, 1.165) is 43.1 Å². The molecule has 174 valence electrons. The monoisotopic (exact) mass is 619 g/mol. The minimum absolute atomic E-state index is 0. The maximum Gasteiger partial charge on any atom is 0.0476 e. The van der Waals surface area contributed by atoms with Gasteiger partial charge in [0.05, 0.1) is 0 Å². The topological polar surface area (TPSA) is 15.3 Å². The summed E-state index contributed by atoms with van der Waals surface area (Å²) in [7, 11) is 0. The number of allylic oxidation sites excluding steroid dienone is 2. The molecular weight excluding hydrogens is 580 g/mol. The van der Waals surface area contributed by atoms with E-state index < -0.39 is 0 Å². The molecule has 0 aliphatic carbocycles. The summed E-state index contributed by atoms with van der Waals surface area (Å²) >= 11 is 5.79. The summed E-state index contributed by atoms with van der Waals surface area (Å²) in [5, 5.41) is 3.58. The van der Waals surface area contributed by atoms with Gasteiger partial charge < -0.3 is 17.9 Å². The molecule has 0 amide bonds. The van der Waals surface area contributed by atoms with Crippen LogP contribution in [-0.4, -0.2) is 24.5 Å². The number of hydrogen-bond acceptors (Lipinski definition) is 3. The first-order valence-electron chi connectivity index (χ1n) is 11.6. The second-order valence-corrected chi connectivity index (χ2v) is 8.43. The smallest absolute Gasteiger partial charge is 0.0476 e. The molecule has 32 heavy (non-hydrogen) atoms. The second kappa shape index (κ2) is 14.1. The van der Waals surface area contributed by atoms with E-state index in [-0.39, 0.29) is 21.1 Å². The number of nitrogens with zero attached hydrogens (tertiary/aromatic N) is 1. The van der Waals surface area contributed by atoms with Crippen molar-refractivity contribution in [2.24, 2.45) is 0 Å². The third-order valence-electron chi connectivity index (χ3n) is 5.92. The van der Waals surface area contributed by atoms with Crippen LogP contribution in [0.1, 0.15) is 74.0 Å². The number of nitrogens with one attached hydrogen (secondary N) is 1. The molecule has 1 atom stereocenters. The van der Waals surface area contributed by atoms with E-state index in [1.54, 1.807) is 0 Å². The third kappa shape index (κ3) is 6.87. The minimum atomic E-state index is 0. The van der Waals surface area contributed by atoms with Crippen molar-refractivity contribution in [3.63, 3.8) is 0 Å². The van der Waals surface area contributed by atoms with E-state index in [0.29, 0.717) is 6.04 Å². The van der Waals surface area contributed by atoms with E-state index in [1.807, 2.05) is 13.8 Å². The summed E-state index contributed by atoms with van der Waals surface area (Å²) < 4.78 is 0. The molecule has 2 aromatic rings. The molecule has 0 aromatic heterocycles. The Morgan fingerprint density at radius 1 is 1.25 bits per heavy atom. The van der Waals surface area contributed by atoms with Gasteiger partial charge in [0, 0.05) is 53.3 Å². The van der Waals surface area contributed by atoms with E-state index in [2.05, 4.69) is 87.0 Å². The first-order valence-corrected chi connectivity index (χ1v) is 12.0. The molecule has 1 aliphatic heterocycles. The normalized spacial score (nSPS) is 16.2. The Morgan fingerprint density at radius 3 is 2.47 bits per heavy atom. The molecule has 1 fully saturated rings. The Bertz CT molecular complexity index is 903. The number of hydrogen-bond donors (Lipinski definition) is 1. The number of piperazine rings is 1. The van der Waals surface area contributed by atoms with Crippen LogP contribution in [0.15, 0.2) is 47.9 Å². The van der Waals surface area contributed by atoms with Crippen molar-refractivity contribution in [2.75, 3.05) is 19.6 Å². The van der Waals surface area contributed by atoms with Crippen LogP contribution in [0.3, 0.4) is 0 Å². The minimum Gasteiger partial charge on any atom is -0.779 e. The van der Waals surface area contributed by atoms with Gasteiger partial charge in [-0.1, -0.05) is 81.0 Å². The molecule has 0 bridgehead atoms. The molecule has 1 unspecified atom stereocenters. The fourth-order valence-corrected chi connectivity index (χ4v) is 4.49. The van der Waals surface area contributed by atoms with Crippen LogP contribution in [0, 0.1) is 6.92 Å². The Hall–Kier alpha value is -1.25. The second-order valence-electron chi connectivity index (χ2n) is 8.02. The van der Waals surface area contributed by atoms with Gasteiger partial charge in [0.25, 0.3) is 0 Å². The molecule has 0 saturated carbocycles. The fourth-order valence-electron chi connectivity index (χ4n) is 4.24. The summed E-state index contributed by atoms with van der Waals surface area (Å²) in [5.74, 6) is 0. The van der Waals surface area contributed by atoms with Crippen molar-refractivity contribution in [1.29, 1.82) is 0 Å². The fraction of sp³-hybridized carbons (Fsp3) is 0.429. The summed E-state index contributed by atoms with van der Waals surface area (Å²) in [6.07, 6.45) is 5.34. The van der Waals surface area contributed by atoms with Gasteiger partial charge in [0.2, 0.25) is 0 Å². The molecule has 4 heteroatoms. The summed E-state index contributed by atoms with van der Waals surface area (Å²) in [4.78, 5) is 3.60. The van der Waals surface area contributed by atoms with Crippen molar-refractivity contribution in [3.05, 3.63) is 76.4 Å². The quantitative estimate of drug-likeness (QED) is 0.363. The predicted molar refractivity (Wildman–Crippen MR) is 139 cm³/mol. The van der Waals surface area contributed by atoms with Gasteiger partial charge in [0.1, 0.15) is 0 Å². The van der Waals surface area contributed by atoms with Gasteiger partial charge in [-0.2, -0.15) is 4.90 Å². The van der Waals surface area contributed by atoms with E-state index in [9.17, 15) is 0 Å². The average Bonchev–Trinajstić information content (AvgIpc) is 2.80. The zero-order chi connectivity index (χ0) is 23.0. The van der Waals surface area contributed by atoms with Crippen molar-refractivity contribution in [3.8, 4) is 0 Å². The molecule has 3 rings (SSSR count). The number of benzene rings is 2. The maximum atomic E-state index is 5.79. The number of rotatable bonds is 6. The molecular formula is C28H39N2SW-. The van der Waals surface area contributed by atoms with Crippen LogP contribution < -0.4 is 5.32 Å². The average molecular weight is 620 g/mol. The van der Waals surface area contributed by atoms with E-state index in [1.165, 1.54) is 33.4 Å². The summed E-state index contributed by atoms with van der Waals surface area (Å²) in [5.41, 5.74) is 8.93. The number of aryl methyl sites for hydroxylation is 2. The van der Waals surface area contributed by atoms with Gasteiger partial charge in [-0.3, -0.25) is 4.90 Å². The van der Waals surface area contributed by atoms with Gasteiger partial charge >= 0.3 is 0 Å². The van der Waals surface area contributed by atoms with Crippen LogP contribution in [0.2, 0.25) is 0 Å². The van der Waals surface area contributed by atoms with Gasteiger partial charge in [-0.05, 0) is 55.0 Å². The van der Waals surface area contributed by atoms with Crippen LogP contribution in [-0.2, 0) is 46.7 Å². The summed E-state index contributed by atoms with van der Waals surface area (Å²) in [6, 6.07) is 11.6. The molecule has 1 saturated heterocycles. The van der Waals surface area contributed by atoms with Crippen LogP contribution in [0.4, 0.5) is 0 Å². The van der Waals surface area contributed by atoms with E-state index in [4.69, 9.17) is 12.6 Å². The van der Waals surface area contributed by atoms with Gasteiger partial charge in [-0.15, -0.1) is 0 Å². The molecule has 2 nitrogen and oxygen atoms in total. The van der Waals surface area contributed by atoms with Gasteiger partial charge in [-0.25, -0.2) is 0 Å². The first-order chi connectivity index (χ1) is 15.0. The molecule has 0 spiro atoms. The molecule has 1 heterocycles. The molecule has 0 radical (unpaired) electrons. The molecule has 2 aromatic carbocycles. The molecule has 1 aliphatic rings. The van der Waals surface area contributed by atoms with Crippen LogP contribution in [0.25, 0.3) is 11.6 Å². The third-order valence-corrected chi connectivity index (χ3v) is 6.47.